The van der Waals surface area contributed by atoms with E-state index in [1.807, 2.05) is 31.2 Å². The lowest BCUT2D eigenvalue weighted by atomic mass is 10.0. The number of aryl methyl sites for hydroxylation is 1. The number of ether oxygens (including phenoxy) is 2. The summed E-state index contributed by atoms with van der Waals surface area (Å²) >= 11 is 0. The van der Waals surface area contributed by atoms with Crippen molar-refractivity contribution in [3.63, 3.8) is 0 Å². The number of esters is 1. The summed E-state index contributed by atoms with van der Waals surface area (Å²) in [4.78, 5) is 16.3. The predicted molar refractivity (Wildman–Crippen MR) is 152 cm³/mol. The smallest absolute Gasteiger partial charge is 0.310 e. The molecule has 0 saturated carbocycles. The number of aromatic nitrogens is 1. The third-order valence-electron chi connectivity index (χ3n) is 6.09. The zero-order valence-corrected chi connectivity index (χ0v) is 23.8. The quantitative estimate of drug-likeness (QED) is 0.176. The number of benzene rings is 2. The molecule has 0 N–H and O–H groups in total. The third kappa shape index (κ3) is 6.74. The SMILES string of the molecule is CCOC(=O)Cc1ccc(C)cc1OCc1cc(-c2ccnc(C=NS(=O)(=O)C(C)(C)C)c2)c2oc(F)cc2c1. The van der Waals surface area contributed by atoms with Gasteiger partial charge in [-0.05, 0) is 81.6 Å². The lowest BCUT2D eigenvalue weighted by Gasteiger charge is -2.14. The van der Waals surface area contributed by atoms with Crippen molar-refractivity contribution in [2.75, 3.05) is 6.61 Å². The number of furan rings is 1. The number of sulfonamides is 1. The van der Waals surface area contributed by atoms with Crippen LogP contribution in [0.1, 0.15) is 50.1 Å². The van der Waals surface area contributed by atoms with Gasteiger partial charge in [-0.25, -0.2) is 8.42 Å². The van der Waals surface area contributed by atoms with Gasteiger partial charge in [0.05, 0.1) is 29.7 Å². The van der Waals surface area contributed by atoms with Crippen LogP contribution in [0.3, 0.4) is 0 Å². The fourth-order valence-corrected chi connectivity index (χ4v) is 4.48. The van der Waals surface area contributed by atoms with Gasteiger partial charge in [-0.1, -0.05) is 12.1 Å². The number of fused-ring (bicyclic) bond motifs is 1. The van der Waals surface area contributed by atoms with Crippen LogP contribution in [-0.2, 0) is 32.6 Å². The lowest BCUT2D eigenvalue weighted by Crippen LogP contribution is -2.25. The van der Waals surface area contributed by atoms with Crippen molar-refractivity contribution in [3.05, 3.63) is 83.1 Å². The zero-order chi connectivity index (χ0) is 29.1. The van der Waals surface area contributed by atoms with Gasteiger partial charge in [0.1, 0.15) is 17.9 Å². The van der Waals surface area contributed by atoms with Crippen LogP contribution >= 0.6 is 0 Å². The summed E-state index contributed by atoms with van der Waals surface area (Å²) in [6.07, 6.45) is 2.79. The highest BCUT2D eigenvalue weighted by atomic mass is 32.2. The highest BCUT2D eigenvalue weighted by Crippen LogP contribution is 2.33. The first-order valence-corrected chi connectivity index (χ1v) is 14.2. The van der Waals surface area contributed by atoms with Gasteiger partial charge < -0.3 is 13.9 Å². The third-order valence-corrected chi connectivity index (χ3v) is 8.02. The average Bonchev–Trinajstić information content (AvgIpc) is 3.27. The Balaban J connectivity index is 1.67. The molecule has 0 atom stereocenters. The van der Waals surface area contributed by atoms with E-state index in [9.17, 15) is 17.6 Å². The monoisotopic (exact) mass is 566 g/mol. The van der Waals surface area contributed by atoms with Crippen LogP contribution in [0.15, 0.2) is 63.5 Å². The molecule has 0 fully saturated rings. The molecule has 2 aromatic carbocycles. The second-order valence-electron chi connectivity index (χ2n) is 10.3. The van der Waals surface area contributed by atoms with Gasteiger partial charge >= 0.3 is 5.97 Å². The summed E-state index contributed by atoms with van der Waals surface area (Å²) in [5.41, 5.74) is 4.25. The van der Waals surface area contributed by atoms with Crippen molar-refractivity contribution in [2.45, 2.75) is 52.4 Å². The number of hydrogen-bond donors (Lipinski definition) is 0. The molecular formula is C30H31FN2O6S. The van der Waals surface area contributed by atoms with Crippen LogP contribution in [0.4, 0.5) is 4.39 Å². The first-order chi connectivity index (χ1) is 18.9. The highest BCUT2D eigenvalue weighted by Gasteiger charge is 2.27. The molecule has 0 aliphatic heterocycles. The lowest BCUT2D eigenvalue weighted by molar-refractivity contribution is -0.142. The Hall–Kier alpha value is -4.05. The number of carbonyl (C=O) groups is 1. The summed E-state index contributed by atoms with van der Waals surface area (Å²) < 4.78 is 58.3. The molecule has 8 nitrogen and oxygen atoms in total. The minimum absolute atomic E-state index is 0.0763. The number of hydrogen-bond acceptors (Lipinski definition) is 7. The Labute approximate surface area is 232 Å². The van der Waals surface area contributed by atoms with Crippen LogP contribution in [0.5, 0.6) is 5.75 Å². The molecule has 0 saturated heterocycles. The van der Waals surface area contributed by atoms with E-state index >= 15 is 0 Å². The zero-order valence-electron chi connectivity index (χ0n) is 23.0. The molecule has 2 heterocycles. The molecule has 0 amide bonds. The van der Waals surface area contributed by atoms with E-state index in [4.69, 9.17) is 13.9 Å². The average molecular weight is 567 g/mol. The molecular weight excluding hydrogens is 535 g/mol. The molecule has 210 valence electrons. The Morgan fingerprint density at radius 2 is 1.90 bits per heavy atom. The van der Waals surface area contributed by atoms with Crippen molar-refractivity contribution in [3.8, 4) is 16.9 Å². The van der Waals surface area contributed by atoms with E-state index < -0.39 is 20.8 Å². The van der Waals surface area contributed by atoms with Crippen LogP contribution in [0.2, 0.25) is 0 Å². The fourth-order valence-electron chi connectivity index (χ4n) is 3.92. The Bertz CT molecular complexity index is 1690. The standard InChI is InChI=1S/C30H31FN2O6S/c1-6-37-28(34)16-22-8-7-19(2)11-26(22)38-18-20-12-23-15-27(31)39-29(23)25(13-20)21-9-10-32-24(14-21)17-33-40(35,36)30(3,4)5/h7-15,17H,6,16,18H2,1-5H3. The molecule has 0 aliphatic carbocycles. The maximum Gasteiger partial charge on any atom is 0.310 e. The van der Waals surface area contributed by atoms with E-state index in [1.54, 1.807) is 45.9 Å². The molecule has 40 heavy (non-hydrogen) atoms. The first kappa shape index (κ1) is 28.9. The number of rotatable bonds is 9. The van der Waals surface area contributed by atoms with Crippen LogP contribution in [0.25, 0.3) is 22.1 Å². The molecule has 0 radical (unpaired) electrons. The highest BCUT2D eigenvalue weighted by molar-refractivity contribution is 7.91. The largest absolute Gasteiger partial charge is 0.489 e. The normalized spacial score (nSPS) is 12.2. The van der Waals surface area contributed by atoms with Crippen LogP contribution < -0.4 is 4.74 Å². The maximum atomic E-state index is 14.2. The van der Waals surface area contributed by atoms with Crippen LogP contribution in [0, 0.1) is 12.9 Å². The van der Waals surface area contributed by atoms with Gasteiger partial charge in [0, 0.05) is 28.8 Å². The topological polar surface area (TPSA) is 108 Å². The van der Waals surface area contributed by atoms with Crippen molar-refractivity contribution in [2.24, 2.45) is 4.40 Å². The summed E-state index contributed by atoms with van der Waals surface area (Å²) in [7, 11) is -3.75. The number of nitrogens with zero attached hydrogens (tertiary/aromatic N) is 2. The molecule has 0 unspecified atom stereocenters. The number of carbonyl (C=O) groups excluding carboxylic acids is 1. The minimum atomic E-state index is -3.75. The van der Waals surface area contributed by atoms with Crippen LogP contribution in [-0.4, -0.2) is 36.9 Å². The van der Waals surface area contributed by atoms with Gasteiger partial charge in [-0.3, -0.25) is 9.78 Å². The van der Waals surface area contributed by atoms with E-state index in [0.29, 0.717) is 45.7 Å². The van der Waals surface area contributed by atoms with Crippen molar-refractivity contribution in [1.29, 1.82) is 0 Å². The Kier molecular flexibility index (Phi) is 8.39. The Morgan fingerprint density at radius 1 is 1.12 bits per heavy atom. The number of halogens is 1. The molecule has 0 aliphatic rings. The van der Waals surface area contributed by atoms with E-state index in [2.05, 4.69) is 9.38 Å². The van der Waals surface area contributed by atoms with Gasteiger partial charge in [-0.2, -0.15) is 8.79 Å². The summed E-state index contributed by atoms with van der Waals surface area (Å²) in [6.45, 7) is 8.80. The molecule has 4 rings (SSSR count). The first-order valence-electron chi connectivity index (χ1n) is 12.7. The van der Waals surface area contributed by atoms with E-state index in [-0.39, 0.29) is 19.0 Å². The summed E-state index contributed by atoms with van der Waals surface area (Å²) in [5, 5.41) is 0.534. The van der Waals surface area contributed by atoms with Gasteiger partial charge in [-0.15, -0.1) is 0 Å². The van der Waals surface area contributed by atoms with Crippen molar-refractivity contribution >= 4 is 33.2 Å². The molecule has 10 heteroatoms. The second kappa shape index (κ2) is 11.6. The number of pyridine rings is 1. The molecule has 2 aromatic heterocycles. The van der Waals surface area contributed by atoms with E-state index in [0.717, 1.165) is 11.1 Å². The van der Waals surface area contributed by atoms with Gasteiger partial charge in [0.25, 0.3) is 16.0 Å². The Morgan fingerprint density at radius 3 is 2.62 bits per heavy atom. The summed E-state index contributed by atoms with van der Waals surface area (Å²) in [6, 6.07) is 13.1. The molecule has 4 aromatic rings. The molecule has 0 spiro atoms. The maximum absolute atomic E-state index is 14.2. The minimum Gasteiger partial charge on any atom is -0.489 e. The van der Waals surface area contributed by atoms with Crippen molar-refractivity contribution < 1.29 is 31.5 Å². The summed E-state index contributed by atoms with van der Waals surface area (Å²) in [5.74, 6) is 0.205. The fraction of sp³-hybridized carbons (Fsp3) is 0.300. The van der Waals surface area contributed by atoms with E-state index in [1.165, 1.54) is 18.5 Å². The van der Waals surface area contributed by atoms with Gasteiger partial charge in [0.2, 0.25) is 0 Å². The second-order valence-corrected chi connectivity index (χ2v) is 12.7. The molecule has 0 bridgehead atoms. The van der Waals surface area contributed by atoms with Crippen molar-refractivity contribution in [1.82, 2.24) is 4.98 Å². The predicted octanol–water partition coefficient (Wildman–Crippen LogP) is 6.17. The van der Waals surface area contributed by atoms with Gasteiger partial charge in [0.15, 0.2) is 0 Å².